The number of pyridine rings is 1. The Labute approximate surface area is 209 Å². The first-order valence-corrected chi connectivity index (χ1v) is 13.2. The number of piperazine rings is 1. The third kappa shape index (κ3) is 5.38. The third-order valence-electron chi connectivity index (χ3n) is 7.91. The highest BCUT2D eigenvalue weighted by Crippen LogP contribution is 2.42. The first kappa shape index (κ1) is 26.0. The molecule has 3 aliphatic rings. The van der Waals surface area contributed by atoms with Crippen molar-refractivity contribution in [2.24, 2.45) is 5.92 Å². The molecule has 0 radical (unpaired) electrons. The predicted molar refractivity (Wildman–Crippen MR) is 136 cm³/mol. The van der Waals surface area contributed by atoms with Crippen molar-refractivity contribution in [1.82, 2.24) is 20.1 Å². The highest BCUT2D eigenvalue weighted by Gasteiger charge is 2.41. The maximum atomic E-state index is 15.3. The molecule has 0 aromatic carbocycles. The summed E-state index contributed by atoms with van der Waals surface area (Å²) in [6, 6.07) is 2.15. The Hall–Kier alpha value is -2.06. The number of alkyl halides is 1. The fraction of sp³-hybridized carbons (Fsp3) is 0.741. The third-order valence-corrected chi connectivity index (χ3v) is 7.91. The number of carbonyl (C=O) groups excluding carboxylic acids is 2. The Morgan fingerprint density at radius 3 is 2.71 bits per heavy atom. The molecule has 2 fully saturated rings. The van der Waals surface area contributed by atoms with E-state index in [4.69, 9.17) is 0 Å². The number of aromatic nitrogens is 1. The number of nitrogens with zero attached hydrogens (tertiary/aromatic N) is 4. The molecule has 35 heavy (non-hydrogen) atoms. The van der Waals surface area contributed by atoms with Crippen molar-refractivity contribution in [2.75, 3.05) is 44.2 Å². The molecule has 4 heterocycles. The molecule has 8 heteroatoms. The second-order valence-corrected chi connectivity index (χ2v) is 11.9. The smallest absolute Gasteiger partial charge is 0.241 e. The minimum atomic E-state index is -1.52. The molecule has 2 saturated heterocycles. The van der Waals surface area contributed by atoms with Gasteiger partial charge in [-0.3, -0.25) is 19.5 Å². The highest BCUT2D eigenvalue weighted by atomic mass is 19.1. The van der Waals surface area contributed by atoms with Gasteiger partial charge in [-0.1, -0.05) is 34.1 Å². The molecule has 1 aromatic rings. The summed E-state index contributed by atoms with van der Waals surface area (Å²) in [5.41, 5.74) is 0.396. The molecule has 0 spiro atoms. The van der Waals surface area contributed by atoms with Gasteiger partial charge in [-0.2, -0.15) is 0 Å². The SMILES string of the molecule is CCCC(C)(F)c1cc2c(cn1)C(C)(C)CN2C(=O)CN1C[C@@H](C)NC[C@@H]1CN1C[C@H](C)CC1=O. The molecule has 0 saturated carbocycles. The van der Waals surface area contributed by atoms with Crippen molar-refractivity contribution in [2.45, 2.75) is 84.0 Å². The van der Waals surface area contributed by atoms with Crippen LogP contribution in [0, 0.1) is 5.92 Å². The number of amides is 2. The van der Waals surface area contributed by atoms with Crippen LogP contribution in [-0.2, 0) is 20.7 Å². The zero-order valence-corrected chi connectivity index (χ0v) is 22.2. The van der Waals surface area contributed by atoms with Crippen LogP contribution < -0.4 is 10.2 Å². The van der Waals surface area contributed by atoms with E-state index in [-0.39, 0.29) is 35.9 Å². The molecule has 4 atom stereocenters. The molecule has 194 valence electrons. The molecule has 0 bridgehead atoms. The Bertz CT molecular complexity index is 965. The van der Waals surface area contributed by atoms with Crippen LogP contribution in [0.1, 0.15) is 72.1 Å². The molecule has 1 unspecified atom stereocenters. The number of hydrogen-bond acceptors (Lipinski definition) is 5. The fourth-order valence-corrected chi connectivity index (χ4v) is 5.93. The van der Waals surface area contributed by atoms with Gasteiger partial charge >= 0.3 is 0 Å². The highest BCUT2D eigenvalue weighted by molar-refractivity contribution is 5.97. The van der Waals surface area contributed by atoms with Crippen LogP contribution in [0.3, 0.4) is 0 Å². The minimum absolute atomic E-state index is 0.0187. The lowest BCUT2D eigenvalue weighted by molar-refractivity contribution is -0.128. The molecule has 1 aromatic heterocycles. The molecule has 7 nitrogen and oxygen atoms in total. The first-order valence-electron chi connectivity index (χ1n) is 13.2. The van der Waals surface area contributed by atoms with Gasteiger partial charge in [0.2, 0.25) is 11.8 Å². The van der Waals surface area contributed by atoms with Crippen LogP contribution in [0.5, 0.6) is 0 Å². The van der Waals surface area contributed by atoms with Gasteiger partial charge in [0.1, 0.15) is 5.67 Å². The molecular formula is C27H42FN5O2. The van der Waals surface area contributed by atoms with Gasteiger partial charge < -0.3 is 15.1 Å². The van der Waals surface area contributed by atoms with Crippen molar-refractivity contribution in [3.8, 4) is 0 Å². The lowest BCUT2D eigenvalue weighted by Gasteiger charge is -2.41. The molecular weight excluding hydrogens is 445 g/mol. The number of carbonyl (C=O) groups is 2. The zero-order valence-electron chi connectivity index (χ0n) is 22.2. The monoisotopic (exact) mass is 487 g/mol. The van der Waals surface area contributed by atoms with Gasteiger partial charge in [0.25, 0.3) is 0 Å². The summed E-state index contributed by atoms with van der Waals surface area (Å²) >= 11 is 0. The average Bonchev–Trinajstić information content (AvgIpc) is 3.24. The van der Waals surface area contributed by atoms with Crippen molar-refractivity contribution >= 4 is 17.5 Å². The number of rotatable bonds is 7. The van der Waals surface area contributed by atoms with Crippen LogP contribution >= 0.6 is 0 Å². The van der Waals surface area contributed by atoms with Crippen LogP contribution in [0.4, 0.5) is 10.1 Å². The lowest BCUT2D eigenvalue weighted by Crippen LogP contribution is -2.61. The number of nitrogens with one attached hydrogen (secondary N) is 1. The molecule has 4 rings (SSSR count). The number of hydrogen-bond donors (Lipinski definition) is 1. The summed E-state index contributed by atoms with van der Waals surface area (Å²) < 4.78 is 15.3. The largest absolute Gasteiger partial charge is 0.341 e. The van der Waals surface area contributed by atoms with Gasteiger partial charge in [-0.15, -0.1) is 0 Å². The summed E-state index contributed by atoms with van der Waals surface area (Å²) in [5.74, 6) is 0.609. The number of halogens is 1. The summed E-state index contributed by atoms with van der Waals surface area (Å²) in [6.45, 7) is 15.8. The van der Waals surface area contributed by atoms with Crippen molar-refractivity contribution in [3.05, 3.63) is 23.5 Å². The minimum Gasteiger partial charge on any atom is -0.341 e. The Kier molecular flexibility index (Phi) is 7.26. The van der Waals surface area contributed by atoms with E-state index >= 15 is 4.39 Å². The Morgan fingerprint density at radius 1 is 1.31 bits per heavy atom. The van der Waals surface area contributed by atoms with E-state index in [1.807, 2.05) is 16.7 Å². The first-order chi connectivity index (χ1) is 16.4. The summed E-state index contributed by atoms with van der Waals surface area (Å²) in [6.07, 6.45) is 3.49. The van der Waals surface area contributed by atoms with Crippen molar-refractivity contribution < 1.29 is 14.0 Å². The predicted octanol–water partition coefficient (Wildman–Crippen LogP) is 3.22. The number of fused-ring (bicyclic) bond motifs is 1. The number of likely N-dealkylation sites (tertiary alicyclic amines) is 1. The average molecular weight is 488 g/mol. The Balaban J connectivity index is 1.54. The van der Waals surface area contributed by atoms with Crippen molar-refractivity contribution in [1.29, 1.82) is 0 Å². The van der Waals surface area contributed by atoms with Gasteiger partial charge in [-0.25, -0.2) is 4.39 Å². The Morgan fingerprint density at radius 2 is 2.06 bits per heavy atom. The maximum absolute atomic E-state index is 15.3. The van der Waals surface area contributed by atoms with Crippen LogP contribution in [0.2, 0.25) is 0 Å². The summed E-state index contributed by atoms with van der Waals surface area (Å²) in [4.78, 5) is 36.6. The molecule has 3 aliphatic heterocycles. The second kappa shape index (κ2) is 9.77. The van der Waals surface area contributed by atoms with E-state index in [1.54, 1.807) is 19.2 Å². The van der Waals surface area contributed by atoms with Crippen LogP contribution in [0.15, 0.2) is 12.3 Å². The molecule has 2 amide bonds. The number of anilines is 1. The van der Waals surface area contributed by atoms with Gasteiger partial charge in [-0.05, 0) is 32.3 Å². The summed E-state index contributed by atoms with van der Waals surface area (Å²) in [7, 11) is 0. The molecule has 1 N–H and O–H groups in total. The summed E-state index contributed by atoms with van der Waals surface area (Å²) in [5, 5.41) is 3.52. The second-order valence-electron chi connectivity index (χ2n) is 11.9. The lowest BCUT2D eigenvalue weighted by atomic mass is 9.87. The van der Waals surface area contributed by atoms with E-state index in [0.29, 0.717) is 37.5 Å². The fourth-order valence-electron chi connectivity index (χ4n) is 5.93. The van der Waals surface area contributed by atoms with E-state index in [0.717, 1.165) is 37.3 Å². The molecule has 0 aliphatic carbocycles. The van der Waals surface area contributed by atoms with E-state index in [1.165, 1.54) is 0 Å². The van der Waals surface area contributed by atoms with Crippen molar-refractivity contribution in [3.63, 3.8) is 0 Å². The van der Waals surface area contributed by atoms with Gasteiger partial charge in [0, 0.05) is 68.4 Å². The van der Waals surface area contributed by atoms with Crippen LogP contribution in [-0.4, -0.2) is 78.0 Å². The topological polar surface area (TPSA) is 68.8 Å². The quantitative estimate of drug-likeness (QED) is 0.640. The van der Waals surface area contributed by atoms with E-state index < -0.39 is 5.67 Å². The zero-order chi connectivity index (χ0) is 25.5. The standard InChI is InChI=1S/C27H42FN5O2/c1-7-8-27(6,28)23-10-22-21(12-30-23)26(4,5)17-33(22)25(35)16-31-14-19(3)29-11-20(31)15-32-13-18(2)9-24(32)34/h10,12,18-20,29H,7-9,11,13-17H2,1-6H3/t18-,19-,20-,27?/m1/s1. The maximum Gasteiger partial charge on any atom is 0.241 e. The van der Waals surface area contributed by atoms with Crippen LogP contribution in [0.25, 0.3) is 0 Å². The van der Waals surface area contributed by atoms with Gasteiger partial charge in [0.15, 0.2) is 0 Å². The van der Waals surface area contributed by atoms with E-state index in [9.17, 15) is 9.59 Å². The van der Waals surface area contributed by atoms with E-state index in [2.05, 4.69) is 42.9 Å². The normalized spacial score (nSPS) is 28.3. The van der Waals surface area contributed by atoms with Gasteiger partial charge in [0.05, 0.1) is 17.9 Å².